The third-order valence-electron chi connectivity index (χ3n) is 8.66. The van der Waals surface area contributed by atoms with E-state index in [2.05, 4.69) is 25.4 Å². The molecule has 6 aromatic rings. The average Bonchev–Trinajstić information content (AvgIpc) is 3.63. The Morgan fingerprint density at radius 2 is 1.77 bits per heavy atom. The summed E-state index contributed by atoms with van der Waals surface area (Å²) in [5.41, 5.74) is 3.65. The van der Waals surface area contributed by atoms with Gasteiger partial charge in [-0.25, -0.2) is 13.5 Å². The molecule has 3 aromatic heterocycles. The molecule has 0 radical (unpaired) electrons. The molecular weight excluding hydrogens is 616 g/mol. The van der Waals surface area contributed by atoms with Gasteiger partial charge in [-0.15, -0.1) is 0 Å². The first-order valence-corrected chi connectivity index (χ1v) is 15.7. The number of benzene rings is 3. The van der Waals surface area contributed by atoms with Gasteiger partial charge in [0.05, 0.1) is 23.1 Å². The highest BCUT2D eigenvalue weighted by molar-refractivity contribution is 6.05. The van der Waals surface area contributed by atoms with E-state index < -0.39 is 23.1 Å². The van der Waals surface area contributed by atoms with Crippen LogP contribution in [0.25, 0.3) is 27.7 Å². The minimum absolute atomic E-state index is 0.0490. The number of aryl methyl sites for hydroxylation is 1. The molecule has 1 saturated heterocycles. The largest absolute Gasteiger partial charge is 0.454 e. The lowest BCUT2D eigenvalue weighted by Crippen LogP contribution is -2.31. The van der Waals surface area contributed by atoms with Crippen LogP contribution in [-0.4, -0.2) is 48.4 Å². The van der Waals surface area contributed by atoms with Crippen LogP contribution in [0.4, 0.5) is 14.5 Å². The van der Waals surface area contributed by atoms with Crippen LogP contribution in [0.5, 0.6) is 11.5 Å². The van der Waals surface area contributed by atoms with Crippen molar-refractivity contribution in [3.8, 4) is 28.3 Å². The molecule has 10 nitrogen and oxygen atoms in total. The summed E-state index contributed by atoms with van der Waals surface area (Å²) in [7, 11) is 1.70. The molecule has 0 bridgehead atoms. The van der Waals surface area contributed by atoms with Crippen LogP contribution in [-0.2, 0) is 13.6 Å². The fraction of sp³-hybridized carbons (Fsp3) is 0.222. The second kappa shape index (κ2) is 12.9. The van der Waals surface area contributed by atoms with E-state index >= 15 is 4.39 Å². The number of nitrogens with one attached hydrogen (secondary N) is 2. The summed E-state index contributed by atoms with van der Waals surface area (Å²) in [6, 6.07) is 17.0. The molecule has 7 rings (SSSR count). The lowest BCUT2D eigenvalue weighted by Gasteiger charge is -2.26. The van der Waals surface area contributed by atoms with Gasteiger partial charge in [0, 0.05) is 48.2 Å². The van der Waals surface area contributed by atoms with Crippen molar-refractivity contribution in [1.29, 1.82) is 0 Å². The summed E-state index contributed by atoms with van der Waals surface area (Å²) < 4.78 is 38.4. The van der Waals surface area contributed by atoms with E-state index in [0.717, 1.165) is 66.1 Å². The number of aromatic amines is 1. The van der Waals surface area contributed by atoms with Crippen molar-refractivity contribution >= 4 is 22.5 Å². The van der Waals surface area contributed by atoms with E-state index in [1.165, 1.54) is 41.1 Å². The molecular formula is C36H33F2N7O3. The molecule has 12 heteroatoms. The van der Waals surface area contributed by atoms with Gasteiger partial charge in [-0.3, -0.25) is 29.3 Å². The number of rotatable bonds is 8. The molecule has 4 heterocycles. The number of fused-ring (bicyclic) bond motifs is 1. The zero-order chi connectivity index (χ0) is 33.4. The van der Waals surface area contributed by atoms with Gasteiger partial charge in [0.25, 0.3) is 11.5 Å². The molecule has 244 valence electrons. The van der Waals surface area contributed by atoms with E-state index in [9.17, 15) is 14.0 Å². The van der Waals surface area contributed by atoms with E-state index in [0.29, 0.717) is 23.7 Å². The smallest absolute Gasteiger partial charge is 0.284 e. The zero-order valence-electron chi connectivity index (χ0n) is 26.5. The monoisotopic (exact) mass is 649 g/mol. The number of hydrogen-bond acceptors (Lipinski definition) is 6. The van der Waals surface area contributed by atoms with Gasteiger partial charge < -0.3 is 10.1 Å². The number of amides is 1. The van der Waals surface area contributed by atoms with Gasteiger partial charge in [-0.05, 0) is 99.1 Å². The number of likely N-dealkylation sites (tertiary alicyclic amines) is 1. The second-order valence-electron chi connectivity index (χ2n) is 12.0. The summed E-state index contributed by atoms with van der Waals surface area (Å²) in [5, 5.41) is 10.6. The molecule has 0 spiro atoms. The standard InChI is InChI=1S/C36H33F2N7O3/c1-22-16-23(12-13-39-22)28-19-30-24(20-40-42-30)17-33(28)48-32-11-8-26(18-29(32)38)41-35(46)34-31(21-44-14-4-3-5-15-44)43(2)45(36(34)47)27-9-6-25(37)7-10-27/h6-13,16-20H,3-5,14-15,21H2,1-2H3,(H,40,42)(H,41,46). The molecule has 1 fully saturated rings. The molecule has 0 saturated carbocycles. The van der Waals surface area contributed by atoms with Crippen molar-refractivity contribution in [2.45, 2.75) is 32.7 Å². The first-order chi connectivity index (χ1) is 23.2. The number of ether oxygens (including phenoxy) is 1. The van der Waals surface area contributed by atoms with Crippen molar-refractivity contribution < 1.29 is 18.3 Å². The van der Waals surface area contributed by atoms with Crippen LogP contribution in [0.2, 0.25) is 0 Å². The quantitative estimate of drug-likeness (QED) is 0.189. The van der Waals surface area contributed by atoms with Crippen LogP contribution < -0.4 is 15.6 Å². The van der Waals surface area contributed by atoms with Crippen molar-refractivity contribution in [2.24, 2.45) is 7.05 Å². The van der Waals surface area contributed by atoms with Gasteiger partial charge in [0.1, 0.15) is 17.1 Å². The van der Waals surface area contributed by atoms with E-state index in [4.69, 9.17) is 4.74 Å². The topological polar surface area (TPSA) is 110 Å². The van der Waals surface area contributed by atoms with Gasteiger partial charge >= 0.3 is 0 Å². The molecule has 0 unspecified atom stereocenters. The van der Waals surface area contributed by atoms with E-state index in [1.54, 1.807) is 30.2 Å². The summed E-state index contributed by atoms with van der Waals surface area (Å²) in [5.74, 6) is -1.45. The van der Waals surface area contributed by atoms with Crippen LogP contribution in [0.1, 0.15) is 41.0 Å². The molecule has 0 aliphatic carbocycles. The van der Waals surface area contributed by atoms with Crippen LogP contribution >= 0.6 is 0 Å². The maximum absolute atomic E-state index is 15.6. The predicted octanol–water partition coefficient (Wildman–Crippen LogP) is 6.73. The summed E-state index contributed by atoms with van der Waals surface area (Å²) >= 11 is 0. The number of nitrogens with zero attached hydrogens (tertiary/aromatic N) is 5. The minimum Gasteiger partial charge on any atom is -0.454 e. The number of halogens is 2. The second-order valence-corrected chi connectivity index (χ2v) is 12.0. The average molecular weight is 650 g/mol. The van der Waals surface area contributed by atoms with Crippen molar-refractivity contribution in [1.82, 2.24) is 29.4 Å². The number of carbonyl (C=O) groups excluding carboxylic acids is 1. The SMILES string of the molecule is Cc1cc(-c2cc3[nH]ncc3cc2Oc2ccc(NC(=O)c3c(CN4CCCCC4)n(C)n(-c4ccc(F)cc4)c3=O)cc2F)ccn1. The van der Waals surface area contributed by atoms with Gasteiger partial charge in [0.15, 0.2) is 11.6 Å². The maximum Gasteiger partial charge on any atom is 0.284 e. The molecule has 1 aliphatic heterocycles. The third kappa shape index (κ3) is 6.09. The van der Waals surface area contributed by atoms with Gasteiger partial charge in [0.2, 0.25) is 0 Å². The molecule has 1 amide bonds. The number of H-pyrrole nitrogens is 1. The Morgan fingerprint density at radius 3 is 2.52 bits per heavy atom. The lowest BCUT2D eigenvalue weighted by atomic mass is 10.0. The van der Waals surface area contributed by atoms with Crippen molar-refractivity contribution in [3.63, 3.8) is 0 Å². The molecule has 3 aromatic carbocycles. The predicted molar refractivity (Wildman–Crippen MR) is 179 cm³/mol. The number of piperidine rings is 1. The highest BCUT2D eigenvalue weighted by Gasteiger charge is 2.27. The Labute approximate surface area is 274 Å². The Balaban J connectivity index is 1.19. The number of carbonyl (C=O) groups is 1. The Hall–Kier alpha value is -5.62. The maximum atomic E-state index is 15.6. The van der Waals surface area contributed by atoms with Crippen LogP contribution in [0.15, 0.2) is 83.9 Å². The van der Waals surface area contributed by atoms with Gasteiger partial charge in [-0.1, -0.05) is 6.42 Å². The summed E-state index contributed by atoms with van der Waals surface area (Å²) in [6.45, 7) is 3.96. The highest BCUT2D eigenvalue weighted by Crippen LogP contribution is 2.38. The summed E-state index contributed by atoms with van der Waals surface area (Å²) in [6.07, 6.45) is 6.55. The zero-order valence-corrected chi connectivity index (χ0v) is 26.5. The Kier molecular flexibility index (Phi) is 8.32. The third-order valence-corrected chi connectivity index (χ3v) is 8.66. The molecule has 48 heavy (non-hydrogen) atoms. The number of pyridine rings is 1. The number of anilines is 1. The van der Waals surface area contributed by atoms with Crippen LogP contribution in [0.3, 0.4) is 0 Å². The van der Waals surface area contributed by atoms with Crippen LogP contribution in [0, 0.1) is 18.6 Å². The molecule has 0 atom stereocenters. The van der Waals surface area contributed by atoms with Crippen molar-refractivity contribution in [3.05, 3.63) is 118 Å². The van der Waals surface area contributed by atoms with Gasteiger partial charge in [-0.2, -0.15) is 5.10 Å². The fourth-order valence-electron chi connectivity index (χ4n) is 6.23. The van der Waals surface area contributed by atoms with E-state index in [-0.39, 0.29) is 17.0 Å². The molecule has 1 aliphatic rings. The normalized spacial score (nSPS) is 13.6. The molecule has 2 N–H and O–H groups in total. The Morgan fingerprint density at radius 1 is 0.979 bits per heavy atom. The number of hydrogen-bond donors (Lipinski definition) is 2. The summed E-state index contributed by atoms with van der Waals surface area (Å²) in [4.78, 5) is 34.1. The van der Waals surface area contributed by atoms with Crippen molar-refractivity contribution in [2.75, 3.05) is 18.4 Å². The number of aromatic nitrogens is 5. The van der Waals surface area contributed by atoms with E-state index in [1.807, 2.05) is 25.1 Å². The first kappa shape index (κ1) is 31.0. The first-order valence-electron chi connectivity index (χ1n) is 15.7. The fourth-order valence-corrected chi connectivity index (χ4v) is 6.23. The minimum atomic E-state index is -0.706. The Bertz CT molecular complexity index is 2200. The highest BCUT2D eigenvalue weighted by atomic mass is 19.1. The lowest BCUT2D eigenvalue weighted by molar-refractivity contribution is 0.102.